The molecule has 0 amide bonds. The second-order valence-corrected chi connectivity index (χ2v) is 6.55. The number of piperazine rings is 1. The van der Waals surface area contributed by atoms with Crippen LogP contribution in [0.15, 0.2) is 24.3 Å². The van der Waals surface area contributed by atoms with Crippen LogP contribution >= 0.6 is 0 Å². The van der Waals surface area contributed by atoms with Gasteiger partial charge in [-0.3, -0.25) is 9.80 Å². The van der Waals surface area contributed by atoms with E-state index in [0.717, 1.165) is 12.1 Å². The topological polar surface area (TPSA) is 18.5 Å². The molecule has 2 heterocycles. The molecule has 1 atom stereocenters. The zero-order chi connectivity index (χ0) is 13.4. The van der Waals surface area contributed by atoms with Gasteiger partial charge in [0.2, 0.25) is 0 Å². The minimum Gasteiger partial charge on any atom is -0.314 e. The minimum absolute atomic E-state index is 0.784. The highest BCUT2D eigenvalue weighted by atomic mass is 15.3. The SMILES string of the molecule is c1ccc2c(c1)CCC(N1CCN(C3CNC3)CC1)C2. The van der Waals surface area contributed by atoms with Crippen LogP contribution < -0.4 is 5.32 Å². The summed E-state index contributed by atoms with van der Waals surface area (Å²) < 4.78 is 0. The van der Waals surface area contributed by atoms with Crippen molar-refractivity contribution in [2.75, 3.05) is 39.3 Å². The molecule has 2 aliphatic heterocycles. The fourth-order valence-corrected chi connectivity index (χ4v) is 3.99. The van der Waals surface area contributed by atoms with E-state index in [1.165, 1.54) is 58.5 Å². The van der Waals surface area contributed by atoms with Crippen molar-refractivity contribution >= 4 is 0 Å². The van der Waals surface area contributed by atoms with Gasteiger partial charge in [0, 0.05) is 51.4 Å². The van der Waals surface area contributed by atoms with Crippen LogP contribution in [0.2, 0.25) is 0 Å². The van der Waals surface area contributed by atoms with Crippen LogP contribution in [0.4, 0.5) is 0 Å². The average molecular weight is 271 g/mol. The molecule has 2 saturated heterocycles. The smallest absolute Gasteiger partial charge is 0.0346 e. The summed E-state index contributed by atoms with van der Waals surface area (Å²) in [6, 6.07) is 10.6. The first-order valence-corrected chi connectivity index (χ1v) is 8.16. The van der Waals surface area contributed by atoms with Crippen molar-refractivity contribution in [3.63, 3.8) is 0 Å². The van der Waals surface area contributed by atoms with Gasteiger partial charge < -0.3 is 5.32 Å². The fraction of sp³-hybridized carbons (Fsp3) is 0.647. The maximum absolute atomic E-state index is 3.39. The molecule has 2 fully saturated rings. The Labute approximate surface area is 121 Å². The Balaban J connectivity index is 1.36. The third-order valence-electron chi connectivity index (χ3n) is 5.46. The predicted octanol–water partition coefficient (Wildman–Crippen LogP) is 1.13. The van der Waals surface area contributed by atoms with Crippen LogP contribution in [-0.4, -0.2) is 61.2 Å². The number of benzene rings is 1. The number of nitrogens with one attached hydrogen (secondary N) is 1. The minimum atomic E-state index is 0.784. The highest BCUT2D eigenvalue weighted by Crippen LogP contribution is 2.25. The molecule has 0 bridgehead atoms. The van der Waals surface area contributed by atoms with Gasteiger partial charge in [-0.25, -0.2) is 0 Å². The highest BCUT2D eigenvalue weighted by molar-refractivity contribution is 5.30. The van der Waals surface area contributed by atoms with Gasteiger partial charge in [-0.2, -0.15) is 0 Å². The van der Waals surface area contributed by atoms with Crippen LogP contribution in [-0.2, 0) is 12.8 Å². The van der Waals surface area contributed by atoms with Gasteiger partial charge in [-0.15, -0.1) is 0 Å². The molecule has 0 aromatic heterocycles. The molecule has 1 aromatic carbocycles. The lowest BCUT2D eigenvalue weighted by Crippen LogP contribution is -2.62. The molecule has 20 heavy (non-hydrogen) atoms. The predicted molar refractivity (Wildman–Crippen MR) is 82.1 cm³/mol. The normalized spacial score (nSPS) is 28.9. The van der Waals surface area contributed by atoms with Crippen LogP contribution in [0.5, 0.6) is 0 Å². The van der Waals surface area contributed by atoms with Crippen molar-refractivity contribution in [3.8, 4) is 0 Å². The van der Waals surface area contributed by atoms with Crippen molar-refractivity contribution in [2.45, 2.75) is 31.3 Å². The van der Waals surface area contributed by atoms with E-state index in [9.17, 15) is 0 Å². The Bertz CT molecular complexity index is 461. The quantitative estimate of drug-likeness (QED) is 0.870. The summed E-state index contributed by atoms with van der Waals surface area (Å²) in [5.41, 5.74) is 3.18. The molecule has 1 unspecified atom stereocenters. The summed E-state index contributed by atoms with van der Waals surface area (Å²) in [6.07, 6.45) is 3.89. The molecule has 0 saturated carbocycles. The average Bonchev–Trinajstić information content (AvgIpc) is 2.46. The van der Waals surface area contributed by atoms with E-state index in [1.54, 1.807) is 11.1 Å². The molecule has 1 aliphatic carbocycles. The molecule has 3 aliphatic rings. The second-order valence-electron chi connectivity index (χ2n) is 6.55. The van der Waals surface area contributed by atoms with Crippen LogP contribution in [0, 0.1) is 0 Å². The van der Waals surface area contributed by atoms with Crippen LogP contribution in [0.1, 0.15) is 17.5 Å². The van der Waals surface area contributed by atoms with Gasteiger partial charge in [-0.05, 0) is 30.4 Å². The molecular formula is C17H25N3. The van der Waals surface area contributed by atoms with Crippen molar-refractivity contribution in [1.82, 2.24) is 15.1 Å². The van der Waals surface area contributed by atoms with E-state index in [4.69, 9.17) is 0 Å². The van der Waals surface area contributed by atoms with E-state index in [1.807, 2.05) is 0 Å². The lowest BCUT2D eigenvalue weighted by atomic mass is 9.87. The Morgan fingerprint density at radius 3 is 2.15 bits per heavy atom. The number of aryl methyl sites for hydroxylation is 1. The van der Waals surface area contributed by atoms with Gasteiger partial charge >= 0.3 is 0 Å². The Morgan fingerprint density at radius 1 is 0.850 bits per heavy atom. The van der Waals surface area contributed by atoms with Gasteiger partial charge in [-0.1, -0.05) is 24.3 Å². The van der Waals surface area contributed by atoms with E-state index in [2.05, 4.69) is 39.4 Å². The van der Waals surface area contributed by atoms with Gasteiger partial charge in [0.1, 0.15) is 0 Å². The number of nitrogens with zero attached hydrogens (tertiary/aromatic N) is 2. The molecule has 3 heteroatoms. The molecule has 0 spiro atoms. The van der Waals surface area contributed by atoms with Crippen molar-refractivity contribution in [1.29, 1.82) is 0 Å². The number of hydrogen-bond donors (Lipinski definition) is 1. The van der Waals surface area contributed by atoms with E-state index < -0.39 is 0 Å². The Kier molecular flexibility index (Phi) is 3.51. The first-order valence-electron chi connectivity index (χ1n) is 8.16. The van der Waals surface area contributed by atoms with Crippen molar-refractivity contribution in [3.05, 3.63) is 35.4 Å². The monoisotopic (exact) mass is 271 g/mol. The van der Waals surface area contributed by atoms with Gasteiger partial charge in [0.05, 0.1) is 0 Å². The molecular weight excluding hydrogens is 246 g/mol. The molecule has 3 nitrogen and oxygen atoms in total. The largest absolute Gasteiger partial charge is 0.314 e. The fourth-order valence-electron chi connectivity index (χ4n) is 3.99. The summed E-state index contributed by atoms with van der Waals surface area (Å²) in [7, 11) is 0. The summed E-state index contributed by atoms with van der Waals surface area (Å²) in [5, 5.41) is 3.39. The first-order chi connectivity index (χ1) is 9.90. The van der Waals surface area contributed by atoms with Gasteiger partial charge in [0.25, 0.3) is 0 Å². The third-order valence-corrected chi connectivity index (χ3v) is 5.46. The number of rotatable bonds is 2. The summed E-state index contributed by atoms with van der Waals surface area (Å²) in [5.74, 6) is 0. The first kappa shape index (κ1) is 12.8. The maximum Gasteiger partial charge on any atom is 0.0346 e. The molecule has 1 N–H and O–H groups in total. The Morgan fingerprint density at radius 2 is 1.50 bits per heavy atom. The lowest BCUT2D eigenvalue weighted by Gasteiger charge is -2.46. The van der Waals surface area contributed by atoms with Crippen LogP contribution in [0.3, 0.4) is 0 Å². The van der Waals surface area contributed by atoms with Crippen molar-refractivity contribution < 1.29 is 0 Å². The van der Waals surface area contributed by atoms with Crippen molar-refractivity contribution in [2.24, 2.45) is 0 Å². The maximum atomic E-state index is 3.39. The molecule has 0 radical (unpaired) electrons. The molecule has 108 valence electrons. The second kappa shape index (κ2) is 5.47. The van der Waals surface area contributed by atoms with Gasteiger partial charge in [0.15, 0.2) is 0 Å². The number of fused-ring (bicyclic) bond motifs is 1. The Hall–Kier alpha value is -0.900. The van der Waals surface area contributed by atoms with E-state index in [-0.39, 0.29) is 0 Å². The molecule has 4 rings (SSSR count). The highest BCUT2D eigenvalue weighted by Gasteiger charge is 2.31. The zero-order valence-electron chi connectivity index (χ0n) is 12.2. The lowest BCUT2D eigenvalue weighted by molar-refractivity contribution is 0.0482. The van der Waals surface area contributed by atoms with E-state index in [0.29, 0.717) is 0 Å². The molecule has 1 aromatic rings. The summed E-state index contributed by atoms with van der Waals surface area (Å²) in [4.78, 5) is 5.43. The van der Waals surface area contributed by atoms with Crippen LogP contribution in [0.25, 0.3) is 0 Å². The third kappa shape index (κ3) is 2.39. The van der Waals surface area contributed by atoms with E-state index >= 15 is 0 Å². The zero-order valence-corrected chi connectivity index (χ0v) is 12.2. The summed E-state index contributed by atoms with van der Waals surface area (Å²) >= 11 is 0. The summed E-state index contributed by atoms with van der Waals surface area (Å²) in [6.45, 7) is 7.48. The number of hydrogen-bond acceptors (Lipinski definition) is 3. The standard InChI is InChI=1S/C17H25N3/c1-2-4-15-11-16(6-5-14(15)3-1)19-7-9-20(10-8-19)17-12-18-13-17/h1-4,16-18H,5-13H2.